The van der Waals surface area contributed by atoms with Crippen LogP contribution >= 0.6 is 11.6 Å². The van der Waals surface area contributed by atoms with Gasteiger partial charge in [-0.25, -0.2) is 0 Å². The molecular formula is C36H39ClN2O4. The molecule has 0 aliphatic heterocycles. The van der Waals surface area contributed by atoms with Gasteiger partial charge in [-0.3, -0.25) is 9.59 Å². The van der Waals surface area contributed by atoms with E-state index in [4.69, 9.17) is 16.3 Å². The van der Waals surface area contributed by atoms with Gasteiger partial charge < -0.3 is 20.1 Å². The zero-order valence-corrected chi connectivity index (χ0v) is 26.1. The quantitative estimate of drug-likeness (QED) is 0.180. The average molecular weight is 599 g/mol. The molecule has 0 radical (unpaired) electrons. The normalized spacial score (nSPS) is 12.0. The van der Waals surface area contributed by atoms with Crippen LogP contribution in [0.1, 0.15) is 68.6 Å². The van der Waals surface area contributed by atoms with E-state index in [0.29, 0.717) is 35.0 Å². The Kier molecular flexibility index (Phi) is 10.1. The van der Waals surface area contributed by atoms with Gasteiger partial charge in [-0.15, -0.1) is 0 Å². The molecule has 0 saturated heterocycles. The summed E-state index contributed by atoms with van der Waals surface area (Å²) >= 11 is 6.24. The lowest BCUT2D eigenvalue weighted by Crippen LogP contribution is -2.32. The molecule has 0 aliphatic rings. The molecule has 7 heteroatoms. The van der Waals surface area contributed by atoms with Gasteiger partial charge in [-0.2, -0.15) is 0 Å². The Morgan fingerprint density at radius 3 is 2.14 bits per heavy atom. The summed E-state index contributed by atoms with van der Waals surface area (Å²) in [5.41, 5.74) is 5.06. The number of carboxylic acids is 1. The summed E-state index contributed by atoms with van der Waals surface area (Å²) in [7, 11) is 0. The van der Waals surface area contributed by atoms with E-state index in [1.54, 1.807) is 12.1 Å². The Morgan fingerprint density at radius 2 is 1.53 bits per heavy atom. The molecule has 4 rings (SSSR count). The first-order valence-electron chi connectivity index (χ1n) is 14.5. The Hall–Kier alpha value is -4.29. The third-order valence-electron chi connectivity index (χ3n) is 7.43. The number of carbonyl (C=O) groups is 2. The Balaban J connectivity index is 1.54. The molecule has 0 spiro atoms. The largest absolute Gasteiger partial charge is 0.481 e. The number of amides is 1. The van der Waals surface area contributed by atoms with Gasteiger partial charge in [0.1, 0.15) is 11.5 Å². The van der Waals surface area contributed by atoms with Crippen LogP contribution in [0.3, 0.4) is 0 Å². The van der Waals surface area contributed by atoms with E-state index < -0.39 is 12.0 Å². The number of aliphatic carboxylic acids is 1. The van der Waals surface area contributed by atoms with E-state index in [1.807, 2.05) is 80.6 Å². The fourth-order valence-corrected chi connectivity index (χ4v) is 5.17. The highest BCUT2D eigenvalue weighted by Gasteiger charge is 2.22. The van der Waals surface area contributed by atoms with E-state index in [1.165, 1.54) is 5.56 Å². The van der Waals surface area contributed by atoms with Gasteiger partial charge in [-0.1, -0.05) is 80.9 Å². The van der Waals surface area contributed by atoms with E-state index in [-0.39, 0.29) is 17.7 Å². The molecule has 6 nitrogen and oxygen atoms in total. The molecule has 1 unspecified atom stereocenters. The monoisotopic (exact) mass is 598 g/mol. The van der Waals surface area contributed by atoms with Crippen LogP contribution < -0.4 is 15.0 Å². The predicted molar refractivity (Wildman–Crippen MR) is 175 cm³/mol. The van der Waals surface area contributed by atoms with Crippen LogP contribution in [0.5, 0.6) is 11.5 Å². The van der Waals surface area contributed by atoms with Crippen molar-refractivity contribution < 1.29 is 19.4 Å². The standard InChI is InChI=1S/C36H39ClN2O4/c1-6-39(7-2)33-20-17-28(37)22-31(33)35(42)38-32(23-34(40)41)25-13-11-24(12-14-25)26-9-8-10-30(21-26)43-29-18-15-27(16-19-29)36(3,4)5/h8-22,32H,6-7,23H2,1-5H3,(H,38,42)(H,40,41). The topological polar surface area (TPSA) is 78.9 Å². The minimum absolute atomic E-state index is 0.0699. The maximum atomic E-state index is 13.5. The minimum Gasteiger partial charge on any atom is -0.481 e. The number of halogens is 1. The second-order valence-electron chi connectivity index (χ2n) is 11.5. The number of hydrogen-bond acceptors (Lipinski definition) is 4. The van der Waals surface area contributed by atoms with Crippen molar-refractivity contribution >= 4 is 29.2 Å². The third kappa shape index (κ3) is 8.17. The number of carbonyl (C=O) groups excluding carboxylic acids is 1. The zero-order valence-electron chi connectivity index (χ0n) is 25.4. The van der Waals surface area contributed by atoms with Crippen LogP contribution in [0.4, 0.5) is 5.69 Å². The van der Waals surface area contributed by atoms with Crippen molar-refractivity contribution in [2.45, 2.75) is 52.5 Å². The van der Waals surface area contributed by atoms with Crippen molar-refractivity contribution in [2.75, 3.05) is 18.0 Å². The van der Waals surface area contributed by atoms with E-state index in [0.717, 1.165) is 22.6 Å². The number of hydrogen-bond donors (Lipinski definition) is 2. The molecule has 0 heterocycles. The van der Waals surface area contributed by atoms with Crippen LogP contribution in [0.15, 0.2) is 91.0 Å². The third-order valence-corrected chi connectivity index (χ3v) is 7.66. The first kappa shape index (κ1) is 31.6. The van der Waals surface area contributed by atoms with Gasteiger partial charge in [0.25, 0.3) is 5.91 Å². The van der Waals surface area contributed by atoms with Crippen molar-refractivity contribution in [1.82, 2.24) is 5.32 Å². The molecule has 0 bridgehead atoms. The maximum Gasteiger partial charge on any atom is 0.305 e. The van der Waals surface area contributed by atoms with Crippen LogP contribution in [-0.4, -0.2) is 30.1 Å². The number of nitrogens with zero attached hydrogens (tertiary/aromatic N) is 1. The van der Waals surface area contributed by atoms with Crippen LogP contribution in [0.2, 0.25) is 5.02 Å². The van der Waals surface area contributed by atoms with Crippen molar-refractivity contribution in [3.05, 3.63) is 113 Å². The first-order chi connectivity index (χ1) is 20.5. The fraction of sp³-hybridized carbons (Fsp3) is 0.278. The molecule has 2 N–H and O–H groups in total. The minimum atomic E-state index is -1.01. The van der Waals surface area contributed by atoms with Gasteiger partial charge in [0.15, 0.2) is 0 Å². The number of benzene rings is 4. The Bertz CT molecular complexity index is 1560. The first-order valence-corrected chi connectivity index (χ1v) is 14.9. The van der Waals surface area contributed by atoms with Crippen molar-refractivity contribution in [3.8, 4) is 22.6 Å². The molecule has 43 heavy (non-hydrogen) atoms. The number of nitrogens with one attached hydrogen (secondary N) is 1. The predicted octanol–water partition coefficient (Wildman–Crippen LogP) is 8.89. The molecule has 4 aromatic carbocycles. The Labute approximate surface area is 259 Å². The van der Waals surface area contributed by atoms with Crippen LogP contribution in [0, 0.1) is 0 Å². The summed E-state index contributed by atoms with van der Waals surface area (Å²) in [6, 6.07) is 28.0. The molecule has 1 atom stereocenters. The highest BCUT2D eigenvalue weighted by atomic mass is 35.5. The van der Waals surface area contributed by atoms with Gasteiger partial charge in [0.2, 0.25) is 0 Å². The fourth-order valence-electron chi connectivity index (χ4n) is 5.00. The smallest absolute Gasteiger partial charge is 0.305 e. The van der Waals surface area contributed by atoms with Crippen molar-refractivity contribution in [2.24, 2.45) is 0 Å². The molecule has 1 amide bonds. The van der Waals surface area contributed by atoms with E-state index in [9.17, 15) is 14.7 Å². The van der Waals surface area contributed by atoms with Gasteiger partial charge in [-0.05, 0) is 84.0 Å². The molecule has 0 saturated carbocycles. The lowest BCUT2D eigenvalue weighted by Gasteiger charge is -2.25. The summed E-state index contributed by atoms with van der Waals surface area (Å²) < 4.78 is 6.13. The number of anilines is 1. The van der Waals surface area contributed by atoms with E-state index >= 15 is 0 Å². The summed E-state index contributed by atoms with van der Waals surface area (Å²) in [5, 5.41) is 13.0. The lowest BCUT2D eigenvalue weighted by molar-refractivity contribution is -0.137. The van der Waals surface area contributed by atoms with Crippen LogP contribution in [-0.2, 0) is 10.2 Å². The molecule has 0 fully saturated rings. The second-order valence-corrected chi connectivity index (χ2v) is 11.9. The molecular weight excluding hydrogens is 560 g/mol. The average Bonchev–Trinajstić information content (AvgIpc) is 2.98. The molecule has 0 aromatic heterocycles. The summed E-state index contributed by atoms with van der Waals surface area (Å²) in [6.45, 7) is 12.0. The maximum absolute atomic E-state index is 13.5. The second kappa shape index (κ2) is 13.8. The SMILES string of the molecule is CCN(CC)c1ccc(Cl)cc1C(=O)NC(CC(=O)O)c1ccc(-c2cccc(Oc3ccc(C(C)(C)C)cc3)c2)cc1. The Morgan fingerprint density at radius 1 is 0.860 bits per heavy atom. The number of ether oxygens (including phenoxy) is 1. The highest BCUT2D eigenvalue weighted by Crippen LogP contribution is 2.31. The van der Waals surface area contributed by atoms with Gasteiger partial charge >= 0.3 is 5.97 Å². The molecule has 224 valence electrons. The van der Waals surface area contributed by atoms with Crippen molar-refractivity contribution in [3.63, 3.8) is 0 Å². The van der Waals surface area contributed by atoms with Crippen molar-refractivity contribution in [1.29, 1.82) is 0 Å². The highest BCUT2D eigenvalue weighted by molar-refractivity contribution is 6.31. The zero-order chi connectivity index (χ0) is 31.1. The summed E-state index contributed by atoms with van der Waals surface area (Å²) in [5.74, 6) is 0.0909. The summed E-state index contributed by atoms with van der Waals surface area (Å²) in [4.78, 5) is 27.3. The lowest BCUT2D eigenvalue weighted by atomic mass is 9.87. The summed E-state index contributed by atoms with van der Waals surface area (Å²) in [6.07, 6.45) is -0.260. The van der Waals surface area contributed by atoms with Gasteiger partial charge in [0, 0.05) is 23.8 Å². The van der Waals surface area contributed by atoms with Crippen LogP contribution in [0.25, 0.3) is 11.1 Å². The molecule has 0 aliphatic carbocycles. The van der Waals surface area contributed by atoms with E-state index in [2.05, 4.69) is 43.1 Å². The molecule has 4 aromatic rings. The van der Waals surface area contributed by atoms with Gasteiger partial charge in [0.05, 0.1) is 18.0 Å². The number of carboxylic acid groups (broad SMARTS) is 1. The number of rotatable bonds is 11.